The molecule has 0 aliphatic carbocycles. The first-order chi connectivity index (χ1) is 12.6. The summed E-state index contributed by atoms with van der Waals surface area (Å²) in [5, 5.41) is 7.60. The molecule has 0 unspecified atom stereocenters. The number of benzene rings is 1. The number of nitrogens with zero attached hydrogens (tertiary/aromatic N) is 3. The minimum absolute atomic E-state index is 0.285. The molecule has 146 valence electrons. The predicted molar refractivity (Wildman–Crippen MR) is 104 cm³/mol. The van der Waals surface area contributed by atoms with Crippen LogP contribution < -0.4 is 10.0 Å². The lowest BCUT2D eigenvalue weighted by atomic mass is 10.00. The second-order valence-corrected chi connectivity index (χ2v) is 8.86. The number of anilines is 1. The van der Waals surface area contributed by atoms with E-state index in [-0.39, 0.29) is 6.42 Å². The molecule has 2 N–H and O–H groups in total. The second kappa shape index (κ2) is 7.23. The molecule has 1 aliphatic rings. The van der Waals surface area contributed by atoms with Gasteiger partial charge in [0.1, 0.15) is 6.04 Å². The fourth-order valence-corrected chi connectivity index (χ4v) is 4.67. The summed E-state index contributed by atoms with van der Waals surface area (Å²) in [6.45, 7) is 3.61. The number of carbonyl (C=O) groups excluding carboxylic acids is 1. The Morgan fingerprint density at radius 3 is 2.67 bits per heavy atom. The number of aryl methyl sites for hydroxylation is 2. The molecule has 0 saturated carbocycles. The van der Waals surface area contributed by atoms with Crippen molar-refractivity contribution in [3.8, 4) is 0 Å². The Labute approximate surface area is 163 Å². The van der Waals surface area contributed by atoms with Gasteiger partial charge >= 0.3 is 0 Å². The molecule has 2 atom stereocenters. The Bertz CT molecular complexity index is 988. The highest BCUT2D eigenvalue weighted by Crippen LogP contribution is 2.30. The molecule has 27 heavy (non-hydrogen) atoms. The van der Waals surface area contributed by atoms with E-state index in [4.69, 9.17) is 11.6 Å². The highest BCUT2D eigenvalue weighted by molar-refractivity contribution is 7.87. The lowest BCUT2D eigenvalue weighted by molar-refractivity contribution is -0.120. The molecule has 8 nitrogen and oxygen atoms in total. The maximum Gasteiger partial charge on any atom is 0.280 e. The number of hydrogen-bond donors (Lipinski definition) is 2. The van der Waals surface area contributed by atoms with Crippen LogP contribution in [0.1, 0.15) is 29.3 Å². The van der Waals surface area contributed by atoms with E-state index in [0.29, 0.717) is 10.7 Å². The minimum Gasteiger partial charge on any atom is -0.324 e. The molecule has 0 spiro atoms. The van der Waals surface area contributed by atoms with Crippen LogP contribution in [0, 0.1) is 13.8 Å². The van der Waals surface area contributed by atoms with Crippen LogP contribution in [0.4, 0.5) is 5.69 Å². The second-order valence-electron chi connectivity index (χ2n) is 6.69. The van der Waals surface area contributed by atoms with Gasteiger partial charge in [-0.3, -0.25) is 9.48 Å². The molecule has 0 bridgehead atoms. The van der Waals surface area contributed by atoms with Crippen molar-refractivity contribution in [1.82, 2.24) is 18.8 Å². The van der Waals surface area contributed by atoms with Gasteiger partial charge in [0.05, 0.1) is 11.7 Å². The third kappa shape index (κ3) is 3.86. The molecule has 1 amide bonds. The van der Waals surface area contributed by atoms with Gasteiger partial charge in [-0.15, -0.1) is 0 Å². The molecule has 2 heterocycles. The van der Waals surface area contributed by atoms with E-state index >= 15 is 0 Å². The molecular weight excluding hydrogens is 390 g/mol. The molecule has 1 aromatic carbocycles. The summed E-state index contributed by atoms with van der Waals surface area (Å²) >= 11 is 6.10. The number of likely N-dealkylation sites (N-methyl/N-ethyl adjacent to an activating group) is 1. The third-order valence-corrected chi connectivity index (χ3v) is 6.83. The third-order valence-electron chi connectivity index (χ3n) is 4.82. The topological polar surface area (TPSA) is 96.3 Å². The van der Waals surface area contributed by atoms with Crippen molar-refractivity contribution in [3.63, 3.8) is 0 Å². The summed E-state index contributed by atoms with van der Waals surface area (Å²) in [4.78, 5) is 12.9. The van der Waals surface area contributed by atoms with E-state index in [9.17, 15) is 13.2 Å². The van der Waals surface area contributed by atoms with Crippen molar-refractivity contribution in [2.24, 2.45) is 7.05 Å². The SMILES string of the molecule is Cc1nn(C)cc1[C@@H]1C[C@H](C(=O)Nc2cccc(Cl)c2C)N(C)S(=O)(=O)N1. The number of hydrogen-bond acceptors (Lipinski definition) is 4. The molecule has 1 aromatic heterocycles. The maximum absolute atomic E-state index is 12.9. The van der Waals surface area contributed by atoms with Crippen LogP contribution in [0.2, 0.25) is 5.02 Å². The van der Waals surface area contributed by atoms with Crippen molar-refractivity contribution in [2.75, 3.05) is 12.4 Å². The highest BCUT2D eigenvalue weighted by Gasteiger charge is 2.41. The van der Waals surface area contributed by atoms with Gasteiger partial charge in [0.15, 0.2) is 0 Å². The summed E-state index contributed by atoms with van der Waals surface area (Å²) in [5.74, 6) is -0.403. The zero-order valence-corrected chi connectivity index (χ0v) is 17.1. The smallest absolute Gasteiger partial charge is 0.280 e. The number of aromatic nitrogens is 2. The van der Waals surface area contributed by atoms with Crippen LogP contribution in [0.15, 0.2) is 24.4 Å². The van der Waals surface area contributed by atoms with Crippen LogP contribution in [0.5, 0.6) is 0 Å². The van der Waals surface area contributed by atoms with Crippen LogP contribution in [-0.4, -0.2) is 41.5 Å². The average molecular weight is 412 g/mol. The van der Waals surface area contributed by atoms with Gasteiger partial charge in [-0.25, -0.2) is 0 Å². The molecule has 0 radical (unpaired) electrons. The Morgan fingerprint density at radius 1 is 1.33 bits per heavy atom. The van der Waals surface area contributed by atoms with E-state index in [1.165, 1.54) is 7.05 Å². The highest BCUT2D eigenvalue weighted by atomic mass is 35.5. The number of rotatable bonds is 3. The Balaban J connectivity index is 1.89. The quantitative estimate of drug-likeness (QED) is 0.806. The normalized spacial score (nSPS) is 22.6. The number of amides is 1. The first-order valence-electron chi connectivity index (χ1n) is 8.41. The summed E-state index contributed by atoms with van der Waals surface area (Å²) in [5.41, 5.74) is 2.77. The fraction of sp³-hybridized carbons (Fsp3) is 0.412. The number of nitrogens with one attached hydrogen (secondary N) is 2. The van der Waals surface area contributed by atoms with Crippen LogP contribution in [0.3, 0.4) is 0 Å². The summed E-state index contributed by atoms with van der Waals surface area (Å²) in [6, 6.07) is 3.80. The molecule has 3 rings (SSSR count). The van der Waals surface area contributed by atoms with Crippen LogP contribution >= 0.6 is 11.6 Å². The molecule has 2 aromatic rings. The first-order valence-corrected chi connectivity index (χ1v) is 10.2. The molecule has 10 heteroatoms. The summed E-state index contributed by atoms with van der Waals surface area (Å²) in [7, 11) is -0.649. The van der Waals surface area contributed by atoms with E-state index in [2.05, 4.69) is 15.1 Å². The summed E-state index contributed by atoms with van der Waals surface area (Å²) in [6.07, 6.45) is 2.05. The van der Waals surface area contributed by atoms with E-state index in [1.54, 1.807) is 43.0 Å². The number of carbonyl (C=O) groups is 1. The number of halogens is 1. The summed E-state index contributed by atoms with van der Waals surface area (Å²) < 4.78 is 30.4. The van der Waals surface area contributed by atoms with Gasteiger partial charge in [0.25, 0.3) is 10.2 Å². The van der Waals surface area contributed by atoms with Gasteiger partial charge in [0, 0.05) is 36.6 Å². The molecule has 1 aliphatic heterocycles. The zero-order valence-electron chi connectivity index (χ0n) is 15.5. The van der Waals surface area contributed by atoms with Gasteiger partial charge < -0.3 is 5.32 Å². The lowest BCUT2D eigenvalue weighted by Gasteiger charge is -2.36. The predicted octanol–water partition coefficient (Wildman–Crippen LogP) is 1.91. The molecular formula is C17H22ClN5O3S. The lowest BCUT2D eigenvalue weighted by Crippen LogP contribution is -2.56. The van der Waals surface area contributed by atoms with Crippen LogP contribution in [0.25, 0.3) is 0 Å². The maximum atomic E-state index is 12.9. The van der Waals surface area contributed by atoms with Gasteiger partial charge in [-0.1, -0.05) is 17.7 Å². The van der Waals surface area contributed by atoms with Crippen molar-refractivity contribution < 1.29 is 13.2 Å². The Kier molecular flexibility index (Phi) is 5.31. The van der Waals surface area contributed by atoms with Crippen molar-refractivity contribution >= 4 is 33.4 Å². The molecule has 1 fully saturated rings. The van der Waals surface area contributed by atoms with Gasteiger partial charge in [0.2, 0.25) is 5.91 Å². The van der Waals surface area contributed by atoms with Crippen LogP contribution in [-0.2, 0) is 22.1 Å². The Hall–Kier alpha value is -1.94. The minimum atomic E-state index is -3.81. The fourth-order valence-electron chi connectivity index (χ4n) is 3.23. The van der Waals surface area contributed by atoms with Gasteiger partial charge in [-0.05, 0) is 38.0 Å². The first kappa shape index (κ1) is 19.8. The van der Waals surface area contributed by atoms with Crippen molar-refractivity contribution in [1.29, 1.82) is 0 Å². The van der Waals surface area contributed by atoms with Crippen molar-refractivity contribution in [2.45, 2.75) is 32.4 Å². The largest absolute Gasteiger partial charge is 0.324 e. The van der Waals surface area contributed by atoms with E-state index in [0.717, 1.165) is 21.1 Å². The zero-order chi connectivity index (χ0) is 19.9. The Morgan fingerprint density at radius 2 is 2.04 bits per heavy atom. The monoisotopic (exact) mass is 411 g/mol. The average Bonchev–Trinajstić information content (AvgIpc) is 2.92. The van der Waals surface area contributed by atoms with Crippen molar-refractivity contribution in [3.05, 3.63) is 46.2 Å². The van der Waals surface area contributed by atoms with E-state index < -0.39 is 28.2 Å². The standard InChI is InChI=1S/C17H22ClN5O3S/c1-10-13(18)6-5-7-14(10)19-17(24)16-8-15(21-27(25,26)23(16)4)12-9-22(3)20-11(12)2/h5-7,9,15-16,21H,8H2,1-4H3,(H,19,24)/t15-,16+/m0/s1. The molecule has 1 saturated heterocycles. The van der Waals surface area contributed by atoms with Gasteiger partial charge in [-0.2, -0.15) is 22.5 Å². The van der Waals surface area contributed by atoms with E-state index in [1.807, 2.05) is 6.92 Å².